The molecule has 4 aromatic rings. The molecule has 7 nitrogen and oxygen atoms in total. The summed E-state index contributed by atoms with van der Waals surface area (Å²) in [5.41, 5.74) is 1.06. The van der Waals surface area contributed by atoms with E-state index < -0.39 is 23.2 Å². The summed E-state index contributed by atoms with van der Waals surface area (Å²) in [6.45, 7) is 0. The van der Waals surface area contributed by atoms with E-state index in [2.05, 4.69) is 20.5 Å². The maximum Gasteiger partial charge on any atom is 0.235 e. The predicted molar refractivity (Wildman–Crippen MR) is 117 cm³/mol. The number of nitrogens with zero attached hydrogens (tertiary/aromatic N) is 4. The molecule has 10 heteroatoms. The van der Waals surface area contributed by atoms with Crippen molar-refractivity contribution in [3.8, 4) is 22.8 Å². The van der Waals surface area contributed by atoms with E-state index in [-0.39, 0.29) is 5.75 Å². The van der Waals surface area contributed by atoms with Gasteiger partial charge in [0.05, 0.1) is 12.9 Å². The van der Waals surface area contributed by atoms with Crippen LogP contribution in [0.3, 0.4) is 0 Å². The molecule has 0 unspecified atom stereocenters. The number of anilines is 1. The second-order valence-corrected chi connectivity index (χ2v) is 7.45. The Kier molecular flexibility index (Phi) is 6.41. The zero-order chi connectivity index (χ0) is 22.5. The van der Waals surface area contributed by atoms with Gasteiger partial charge in [-0.15, -0.1) is 10.2 Å². The molecule has 0 aliphatic carbocycles. The van der Waals surface area contributed by atoms with E-state index in [0.29, 0.717) is 16.7 Å². The number of methoxy groups -OCH3 is 1. The molecule has 2 aromatic carbocycles. The summed E-state index contributed by atoms with van der Waals surface area (Å²) in [6.07, 6.45) is 3.29. The van der Waals surface area contributed by atoms with Gasteiger partial charge < -0.3 is 10.1 Å². The van der Waals surface area contributed by atoms with Crippen molar-refractivity contribution in [3.05, 3.63) is 78.6 Å². The number of para-hydroxylation sites is 1. The Morgan fingerprint density at radius 3 is 2.38 bits per heavy atom. The summed E-state index contributed by atoms with van der Waals surface area (Å²) in [4.78, 5) is 16.4. The fraction of sp³-hybridized carbons (Fsp3) is 0.0909. The molecule has 1 amide bonds. The average molecular weight is 453 g/mol. The van der Waals surface area contributed by atoms with Crippen LogP contribution in [0.1, 0.15) is 0 Å². The number of halogens is 2. The van der Waals surface area contributed by atoms with Crippen LogP contribution in [0.2, 0.25) is 0 Å². The lowest BCUT2D eigenvalue weighted by Gasteiger charge is -2.11. The van der Waals surface area contributed by atoms with Gasteiger partial charge in [-0.25, -0.2) is 8.78 Å². The third-order valence-electron chi connectivity index (χ3n) is 4.46. The number of pyridine rings is 1. The third-order valence-corrected chi connectivity index (χ3v) is 5.39. The largest absolute Gasteiger partial charge is 0.497 e. The molecule has 0 spiro atoms. The average Bonchev–Trinajstić information content (AvgIpc) is 3.25. The second kappa shape index (κ2) is 9.56. The molecular formula is C22H17F2N5O2S. The van der Waals surface area contributed by atoms with E-state index >= 15 is 0 Å². The number of carbonyl (C=O) groups excluding carboxylic acids is 1. The minimum atomic E-state index is -0.843. The Labute approximate surface area is 186 Å². The number of nitrogens with one attached hydrogen (secondary N) is 1. The molecular weight excluding hydrogens is 436 g/mol. The summed E-state index contributed by atoms with van der Waals surface area (Å²) < 4.78 is 34.6. The summed E-state index contributed by atoms with van der Waals surface area (Å²) in [5.74, 6) is -1.14. The molecule has 0 aliphatic rings. The number of hydrogen-bond donors (Lipinski definition) is 1. The number of thioether (sulfide) groups is 1. The minimum absolute atomic E-state index is 0.127. The normalized spacial score (nSPS) is 10.7. The Hall–Kier alpha value is -3.79. The molecule has 162 valence electrons. The van der Waals surface area contributed by atoms with Crippen LogP contribution in [-0.4, -0.2) is 38.5 Å². The van der Waals surface area contributed by atoms with Crippen LogP contribution < -0.4 is 10.1 Å². The molecule has 0 aliphatic heterocycles. The highest BCUT2D eigenvalue weighted by Gasteiger charge is 2.18. The lowest BCUT2D eigenvalue weighted by molar-refractivity contribution is -0.113. The Balaban J connectivity index is 1.61. The van der Waals surface area contributed by atoms with Crippen molar-refractivity contribution in [1.29, 1.82) is 0 Å². The van der Waals surface area contributed by atoms with Crippen LogP contribution in [-0.2, 0) is 4.79 Å². The molecule has 0 saturated carbocycles. The zero-order valence-corrected chi connectivity index (χ0v) is 17.6. The lowest BCUT2D eigenvalue weighted by Crippen LogP contribution is -2.16. The first-order valence-corrected chi connectivity index (χ1v) is 10.4. The molecule has 0 atom stereocenters. The fourth-order valence-electron chi connectivity index (χ4n) is 2.94. The Morgan fingerprint density at radius 1 is 1.03 bits per heavy atom. The van der Waals surface area contributed by atoms with Crippen molar-refractivity contribution in [2.24, 2.45) is 0 Å². The first-order chi connectivity index (χ1) is 15.6. The third kappa shape index (κ3) is 4.59. The summed E-state index contributed by atoms with van der Waals surface area (Å²) in [6, 6.07) is 14.3. The molecule has 2 aromatic heterocycles. The molecule has 2 heterocycles. The van der Waals surface area contributed by atoms with Crippen molar-refractivity contribution in [3.63, 3.8) is 0 Å². The number of aromatic nitrogens is 4. The van der Waals surface area contributed by atoms with Gasteiger partial charge in [-0.2, -0.15) is 0 Å². The first-order valence-electron chi connectivity index (χ1n) is 9.43. The highest BCUT2D eigenvalue weighted by molar-refractivity contribution is 7.99. The number of amides is 1. The van der Waals surface area contributed by atoms with Gasteiger partial charge in [-0.1, -0.05) is 17.8 Å². The van der Waals surface area contributed by atoms with E-state index in [1.807, 2.05) is 12.1 Å². The minimum Gasteiger partial charge on any atom is -0.497 e. The van der Waals surface area contributed by atoms with E-state index in [9.17, 15) is 13.6 Å². The van der Waals surface area contributed by atoms with E-state index in [1.165, 1.54) is 6.07 Å². The molecule has 0 fully saturated rings. The van der Waals surface area contributed by atoms with Gasteiger partial charge in [-0.3, -0.25) is 14.3 Å². The highest BCUT2D eigenvalue weighted by atomic mass is 32.2. The maximum atomic E-state index is 13.8. The van der Waals surface area contributed by atoms with Crippen molar-refractivity contribution in [2.45, 2.75) is 5.16 Å². The number of benzene rings is 2. The molecule has 32 heavy (non-hydrogen) atoms. The second-order valence-electron chi connectivity index (χ2n) is 6.51. The van der Waals surface area contributed by atoms with E-state index in [1.54, 1.807) is 48.3 Å². The molecule has 0 radical (unpaired) electrons. The first kappa shape index (κ1) is 21.4. The topological polar surface area (TPSA) is 81.9 Å². The quantitative estimate of drug-likeness (QED) is 0.419. The Bertz CT molecular complexity index is 1210. The van der Waals surface area contributed by atoms with Crippen molar-refractivity contribution in [2.75, 3.05) is 18.2 Å². The number of rotatable bonds is 7. The monoisotopic (exact) mass is 453 g/mol. The van der Waals surface area contributed by atoms with Crippen molar-refractivity contribution in [1.82, 2.24) is 19.7 Å². The van der Waals surface area contributed by atoms with Gasteiger partial charge in [0.1, 0.15) is 23.1 Å². The summed E-state index contributed by atoms with van der Waals surface area (Å²) in [7, 11) is 1.58. The molecule has 0 bridgehead atoms. The van der Waals surface area contributed by atoms with Crippen LogP contribution in [0.15, 0.2) is 72.1 Å². The van der Waals surface area contributed by atoms with Crippen LogP contribution in [0.25, 0.3) is 17.1 Å². The van der Waals surface area contributed by atoms with Gasteiger partial charge in [0.2, 0.25) is 5.91 Å². The SMILES string of the molecule is COc1ccc(-n2c(SCC(=O)Nc3c(F)cccc3F)nnc2-c2ccncc2)cc1. The van der Waals surface area contributed by atoms with E-state index in [4.69, 9.17) is 4.74 Å². The van der Waals surface area contributed by atoms with Crippen LogP contribution in [0.5, 0.6) is 5.75 Å². The lowest BCUT2D eigenvalue weighted by atomic mass is 10.2. The van der Waals surface area contributed by atoms with Gasteiger partial charge >= 0.3 is 0 Å². The van der Waals surface area contributed by atoms with Gasteiger partial charge in [0.25, 0.3) is 0 Å². The number of ether oxygens (including phenoxy) is 1. The van der Waals surface area contributed by atoms with Gasteiger partial charge in [0, 0.05) is 23.6 Å². The van der Waals surface area contributed by atoms with Gasteiger partial charge in [0.15, 0.2) is 11.0 Å². The maximum absolute atomic E-state index is 13.8. The molecule has 1 N–H and O–H groups in total. The summed E-state index contributed by atoms with van der Waals surface area (Å²) in [5, 5.41) is 11.2. The smallest absolute Gasteiger partial charge is 0.235 e. The summed E-state index contributed by atoms with van der Waals surface area (Å²) >= 11 is 1.09. The standard InChI is InChI=1S/C22H17F2N5O2S/c1-31-16-7-5-15(6-8-16)29-21(14-9-11-25-12-10-14)27-28-22(29)32-13-19(30)26-20-17(23)3-2-4-18(20)24/h2-12H,13H2,1H3,(H,26,30). The highest BCUT2D eigenvalue weighted by Crippen LogP contribution is 2.29. The fourth-order valence-corrected chi connectivity index (χ4v) is 3.69. The number of hydrogen-bond acceptors (Lipinski definition) is 6. The van der Waals surface area contributed by atoms with Crippen molar-refractivity contribution < 1.29 is 18.3 Å². The Morgan fingerprint density at radius 2 is 1.72 bits per heavy atom. The predicted octanol–water partition coefficient (Wildman–Crippen LogP) is 4.35. The van der Waals surface area contributed by atoms with Crippen LogP contribution in [0, 0.1) is 11.6 Å². The molecule has 0 saturated heterocycles. The van der Waals surface area contributed by atoms with Crippen molar-refractivity contribution >= 4 is 23.4 Å². The molecule has 4 rings (SSSR count). The zero-order valence-electron chi connectivity index (χ0n) is 16.8. The van der Waals surface area contributed by atoms with Crippen LogP contribution >= 0.6 is 11.8 Å². The van der Waals surface area contributed by atoms with Gasteiger partial charge in [-0.05, 0) is 48.5 Å². The number of carbonyl (C=O) groups is 1. The van der Waals surface area contributed by atoms with Crippen LogP contribution in [0.4, 0.5) is 14.5 Å². The van der Waals surface area contributed by atoms with E-state index in [0.717, 1.165) is 35.1 Å².